The molecular formula is C20H21N7OS. The zero-order valence-corrected chi connectivity index (χ0v) is 17.0. The van der Waals surface area contributed by atoms with Gasteiger partial charge in [0.15, 0.2) is 0 Å². The van der Waals surface area contributed by atoms with Crippen LogP contribution in [0.5, 0.6) is 0 Å². The number of fused-ring (bicyclic) bond motifs is 1. The summed E-state index contributed by atoms with van der Waals surface area (Å²) in [6.45, 7) is 4.58. The molecule has 1 fully saturated rings. The number of carbonyl (C=O) groups is 1. The van der Waals surface area contributed by atoms with Crippen LogP contribution in [0.1, 0.15) is 18.2 Å². The summed E-state index contributed by atoms with van der Waals surface area (Å²) in [6, 6.07) is 9.94. The van der Waals surface area contributed by atoms with Crippen LogP contribution in [0.15, 0.2) is 36.3 Å². The minimum absolute atomic E-state index is 0.169. The van der Waals surface area contributed by atoms with Crippen LogP contribution in [-0.2, 0) is 4.79 Å². The normalized spacial score (nSPS) is 19.3. The molecule has 3 N–H and O–H groups in total. The van der Waals surface area contributed by atoms with Gasteiger partial charge >= 0.3 is 0 Å². The Hall–Kier alpha value is -3.09. The van der Waals surface area contributed by atoms with Crippen molar-refractivity contribution >= 4 is 40.6 Å². The molecule has 8 nitrogen and oxygen atoms in total. The van der Waals surface area contributed by atoms with Gasteiger partial charge in [0.25, 0.3) is 0 Å². The van der Waals surface area contributed by atoms with Gasteiger partial charge in [-0.2, -0.15) is 5.26 Å². The highest BCUT2D eigenvalue weighted by molar-refractivity contribution is 7.99. The molecule has 1 amide bonds. The van der Waals surface area contributed by atoms with Gasteiger partial charge in [0, 0.05) is 24.4 Å². The molecule has 148 valence electrons. The third-order valence-corrected chi connectivity index (χ3v) is 5.80. The van der Waals surface area contributed by atoms with Gasteiger partial charge in [-0.25, -0.2) is 9.97 Å². The minimum atomic E-state index is -0.260. The number of rotatable bonds is 4. The van der Waals surface area contributed by atoms with Crippen LogP contribution < -0.4 is 20.9 Å². The number of nitriles is 1. The first-order valence-corrected chi connectivity index (χ1v) is 10.5. The standard InChI is InChI=1S/C20H21N7OS/c1-3-27-16-7-5-4-6-14(16)24-18(27)13(8-21)17-12(2)9-22-20(25-17)26-19(28)15-10-29-11-23-15/h4-7,9,15,23-24H,3,10-11H2,1-2H3,(H,22,25,26,28)/b18-13+/t15-/m0/s1. The Morgan fingerprint density at radius 3 is 3.00 bits per heavy atom. The number of benzene rings is 1. The Labute approximate surface area is 173 Å². The highest BCUT2D eigenvalue weighted by atomic mass is 32.2. The van der Waals surface area contributed by atoms with Crippen LogP contribution in [0.2, 0.25) is 0 Å². The highest BCUT2D eigenvalue weighted by Gasteiger charge is 2.28. The van der Waals surface area contributed by atoms with Crippen molar-refractivity contribution < 1.29 is 4.79 Å². The number of aromatic nitrogens is 2. The van der Waals surface area contributed by atoms with Crippen LogP contribution in [-0.4, -0.2) is 40.1 Å². The fourth-order valence-electron chi connectivity index (χ4n) is 3.39. The number of allylic oxidation sites excluding steroid dienone is 1. The molecule has 1 aromatic carbocycles. The fraction of sp³-hybridized carbons (Fsp3) is 0.300. The maximum atomic E-state index is 12.4. The molecule has 0 aliphatic carbocycles. The lowest BCUT2D eigenvalue weighted by Crippen LogP contribution is -2.38. The predicted octanol–water partition coefficient (Wildman–Crippen LogP) is 2.53. The average molecular weight is 408 g/mol. The van der Waals surface area contributed by atoms with E-state index in [0.29, 0.717) is 29.4 Å². The van der Waals surface area contributed by atoms with Gasteiger partial charge in [-0.15, -0.1) is 11.8 Å². The molecule has 3 heterocycles. The predicted molar refractivity (Wildman–Crippen MR) is 115 cm³/mol. The number of nitrogens with one attached hydrogen (secondary N) is 3. The Morgan fingerprint density at radius 1 is 1.45 bits per heavy atom. The molecule has 2 aromatic rings. The first-order valence-electron chi connectivity index (χ1n) is 9.36. The molecule has 0 bridgehead atoms. The van der Waals surface area contributed by atoms with Crippen LogP contribution in [0.3, 0.4) is 0 Å². The van der Waals surface area contributed by atoms with Crippen molar-refractivity contribution in [1.82, 2.24) is 15.3 Å². The van der Waals surface area contributed by atoms with Crippen molar-refractivity contribution in [2.24, 2.45) is 0 Å². The van der Waals surface area contributed by atoms with E-state index in [9.17, 15) is 10.1 Å². The van der Waals surface area contributed by atoms with Crippen molar-refractivity contribution in [3.8, 4) is 6.07 Å². The van der Waals surface area contributed by atoms with Gasteiger partial charge in [-0.1, -0.05) is 12.1 Å². The summed E-state index contributed by atoms with van der Waals surface area (Å²) < 4.78 is 0. The molecule has 1 aromatic heterocycles. The van der Waals surface area contributed by atoms with Crippen LogP contribution >= 0.6 is 11.8 Å². The Kier molecular flexibility index (Phi) is 5.38. The Balaban J connectivity index is 1.70. The number of carbonyl (C=O) groups excluding carboxylic acids is 1. The van der Waals surface area contributed by atoms with Gasteiger partial charge < -0.3 is 10.2 Å². The molecule has 2 aliphatic heterocycles. The molecule has 0 saturated carbocycles. The van der Waals surface area contributed by atoms with E-state index >= 15 is 0 Å². The van der Waals surface area contributed by atoms with E-state index in [2.05, 4.69) is 32.0 Å². The minimum Gasteiger partial charge on any atom is -0.339 e. The number of hydrogen-bond acceptors (Lipinski definition) is 8. The summed E-state index contributed by atoms with van der Waals surface area (Å²) in [5.74, 6) is 2.18. The third-order valence-electron chi connectivity index (χ3n) is 4.86. The van der Waals surface area contributed by atoms with E-state index in [0.717, 1.165) is 22.8 Å². The number of amides is 1. The first kappa shape index (κ1) is 19.2. The zero-order chi connectivity index (χ0) is 20.4. The summed E-state index contributed by atoms with van der Waals surface area (Å²) in [7, 11) is 0. The van der Waals surface area contributed by atoms with Crippen LogP contribution in [0.4, 0.5) is 17.3 Å². The molecule has 0 spiro atoms. The largest absolute Gasteiger partial charge is 0.339 e. The van der Waals surface area contributed by atoms with Crippen molar-refractivity contribution in [3.05, 3.63) is 47.5 Å². The molecule has 9 heteroatoms. The quantitative estimate of drug-likeness (QED) is 0.664. The number of para-hydroxylation sites is 2. The third kappa shape index (κ3) is 3.64. The number of hydrogen-bond donors (Lipinski definition) is 3. The second-order valence-corrected chi connectivity index (χ2v) is 7.74. The fourth-order valence-corrected chi connectivity index (χ4v) is 4.33. The van der Waals surface area contributed by atoms with E-state index in [4.69, 9.17) is 0 Å². The van der Waals surface area contributed by atoms with Gasteiger partial charge in [0.05, 0.1) is 23.1 Å². The van der Waals surface area contributed by atoms with Crippen molar-refractivity contribution in [3.63, 3.8) is 0 Å². The monoisotopic (exact) mass is 407 g/mol. The van der Waals surface area contributed by atoms with E-state index in [1.54, 1.807) is 18.0 Å². The lowest BCUT2D eigenvalue weighted by atomic mass is 10.1. The average Bonchev–Trinajstić information content (AvgIpc) is 3.38. The van der Waals surface area contributed by atoms with Crippen molar-refractivity contribution in [2.45, 2.75) is 19.9 Å². The summed E-state index contributed by atoms with van der Waals surface area (Å²) in [5, 5.41) is 19.2. The van der Waals surface area contributed by atoms with E-state index < -0.39 is 0 Å². The second kappa shape index (κ2) is 8.11. The summed E-state index contributed by atoms with van der Waals surface area (Å²) in [5.41, 5.74) is 3.63. The highest BCUT2D eigenvalue weighted by Crippen LogP contribution is 2.38. The lowest BCUT2D eigenvalue weighted by Gasteiger charge is -2.19. The van der Waals surface area contributed by atoms with Gasteiger partial charge in [0.1, 0.15) is 17.5 Å². The summed E-state index contributed by atoms with van der Waals surface area (Å²) in [4.78, 5) is 23.2. The lowest BCUT2D eigenvalue weighted by molar-refractivity contribution is -0.117. The number of aryl methyl sites for hydroxylation is 1. The number of nitrogens with zero attached hydrogens (tertiary/aromatic N) is 4. The second-order valence-electron chi connectivity index (χ2n) is 6.71. The Bertz CT molecular complexity index is 1020. The first-order chi connectivity index (χ1) is 14.1. The van der Waals surface area contributed by atoms with Gasteiger partial charge in [-0.05, 0) is 31.5 Å². The molecule has 0 unspecified atom stereocenters. The van der Waals surface area contributed by atoms with Gasteiger partial charge in [-0.3, -0.25) is 15.4 Å². The van der Waals surface area contributed by atoms with Crippen LogP contribution in [0, 0.1) is 18.3 Å². The molecule has 2 aliphatic rings. The van der Waals surface area contributed by atoms with Crippen molar-refractivity contribution in [2.75, 3.05) is 33.7 Å². The molecule has 1 atom stereocenters. The summed E-state index contributed by atoms with van der Waals surface area (Å²) >= 11 is 1.67. The smallest absolute Gasteiger partial charge is 0.244 e. The number of anilines is 3. The van der Waals surface area contributed by atoms with Gasteiger partial charge in [0.2, 0.25) is 11.9 Å². The zero-order valence-electron chi connectivity index (χ0n) is 16.2. The maximum Gasteiger partial charge on any atom is 0.244 e. The SMILES string of the molecule is CCN1/C(=C(\C#N)c2nc(NC(=O)[C@@H]3CSCN3)ncc2C)Nc2ccccc21. The molecule has 1 saturated heterocycles. The molecule has 0 radical (unpaired) electrons. The van der Waals surface area contributed by atoms with E-state index in [1.165, 1.54) is 0 Å². The molecule has 29 heavy (non-hydrogen) atoms. The molecular weight excluding hydrogens is 386 g/mol. The van der Waals surface area contributed by atoms with E-state index in [-0.39, 0.29) is 17.9 Å². The maximum absolute atomic E-state index is 12.4. The Morgan fingerprint density at radius 2 is 2.28 bits per heavy atom. The summed E-state index contributed by atoms with van der Waals surface area (Å²) in [6.07, 6.45) is 1.63. The number of thioether (sulfide) groups is 1. The topological polar surface area (TPSA) is 106 Å². The van der Waals surface area contributed by atoms with Crippen molar-refractivity contribution in [1.29, 1.82) is 5.26 Å². The van der Waals surface area contributed by atoms with Crippen LogP contribution in [0.25, 0.3) is 5.57 Å². The molecule has 4 rings (SSSR count). The van der Waals surface area contributed by atoms with E-state index in [1.807, 2.05) is 43.0 Å².